The lowest BCUT2D eigenvalue weighted by molar-refractivity contribution is -0.142. The smallest absolute Gasteiger partial charge is 0.302 e. The van der Waals surface area contributed by atoms with Gasteiger partial charge in [-0.1, -0.05) is 34.1 Å². The zero-order valence-electron chi connectivity index (χ0n) is 17.3. The molecule has 0 spiro atoms. The van der Waals surface area contributed by atoms with E-state index in [2.05, 4.69) is 13.8 Å². The van der Waals surface area contributed by atoms with Crippen LogP contribution >= 0.6 is 0 Å². The highest BCUT2D eigenvalue weighted by molar-refractivity contribution is 6.50. The summed E-state index contributed by atoms with van der Waals surface area (Å²) >= 11 is 0. The Kier molecular flexibility index (Phi) is 5.07. The average Bonchev–Trinajstić information content (AvgIpc) is 2.58. The number of ether oxygens (including phenoxy) is 1. The van der Waals surface area contributed by atoms with Crippen molar-refractivity contribution in [3.8, 4) is 0 Å². The number of aliphatic hydroxyl groups is 2. The van der Waals surface area contributed by atoms with Crippen molar-refractivity contribution in [3.05, 3.63) is 22.5 Å². The summed E-state index contributed by atoms with van der Waals surface area (Å²) in [6.07, 6.45) is 2.11. The van der Waals surface area contributed by atoms with Gasteiger partial charge in [-0.05, 0) is 30.6 Å². The van der Waals surface area contributed by atoms with Crippen LogP contribution < -0.4 is 0 Å². The van der Waals surface area contributed by atoms with E-state index in [1.807, 2.05) is 6.92 Å². The fourth-order valence-electron chi connectivity index (χ4n) is 5.75. The summed E-state index contributed by atoms with van der Waals surface area (Å²) < 4.78 is 4.96. The second-order valence-corrected chi connectivity index (χ2v) is 9.48. The summed E-state index contributed by atoms with van der Waals surface area (Å²) in [6, 6.07) is 0. The molecule has 0 radical (unpaired) electrons. The third kappa shape index (κ3) is 3.02. The van der Waals surface area contributed by atoms with E-state index in [0.717, 1.165) is 19.3 Å². The molecule has 28 heavy (non-hydrogen) atoms. The van der Waals surface area contributed by atoms with E-state index in [1.54, 1.807) is 6.92 Å². The number of ketones is 2. The van der Waals surface area contributed by atoms with Gasteiger partial charge in [0.25, 0.3) is 0 Å². The standard InChI is InChI=1S/C22H30O6/c1-11(10-28-12(2)23)15-18(25)16-13(24)9-14-21(3,4)7-6-8-22(14,5)17(16)20(27)19(15)26/h11,13-14,24-25H,6-10H2,1-5H3/t11-,13+,14+,22-/m0/s1. The molecule has 2 N–H and O–H groups in total. The number of Topliss-reactive ketones (excluding diaryl/α,β-unsaturated/α-hetero) is 2. The summed E-state index contributed by atoms with van der Waals surface area (Å²) in [5, 5.41) is 21.8. The summed E-state index contributed by atoms with van der Waals surface area (Å²) in [5.74, 6) is -2.80. The van der Waals surface area contributed by atoms with Crippen molar-refractivity contribution < 1.29 is 29.3 Å². The summed E-state index contributed by atoms with van der Waals surface area (Å²) in [7, 11) is 0. The van der Waals surface area contributed by atoms with Crippen LogP contribution in [0.5, 0.6) is 0 Å². The Morgan fingerprint density at radius 1 is 1.21 bits per heavy atom. The number of carbonyl (C=O) groups excluding carboxylic acids is 3. The van der Waals surface area contributed by atoms with Crippen molar-refractivity contribution in [2.45, 2.75) is 66.4 Å². The number of esters is 1. The van der Waals surface area contributed by atoms with Crippen LogP contribution in [0.3, 0.4) is 0 Å². The normalized spacial score (nSPS) is 33.4. The van der Waals surface area contributed by atoms with E-state index in [1.165, 1.54) is 6.92 Å². The zero-order chi connectivity index (χ0) is 21.0. The molecular weight excluding hydrogens is 360 g/mol. The minimum Gasteiger partial charge on any atom is -0.507 e. The summed E-state index contributed by atoms with van der Waals surface area (Å²) in [6.45, 7) is 9.04. The summed E-state index contributed by atoms with van der Waals surface area (Å²) in [5.41, 5.74) is -0.207. The molecule has 3 aliphatic carbocycles. The highest BCUT2D eigenvalue weighted by Crippen LogP contribution is 2.61. The van der Waals surface area contributed by atoms with Crippen LogP contribution in [0.4, 0.5) is 0 Å². The van der Waals surface area contributed by atoms with Gasteiger partial charge in [-0.2, -0.15) is 0 Å². The second-order valence-electron chi connectivity index (χ2n) is 9.48. The molecular formula is C22H30O6. The first kappa shape index (κ1) is 20.8. The van der Waals surface area contributed by atoms with Crippen LogP contribution in [-0.2, 0) is 19.1 Å². The lowest BCUT2D eigenvalue weighted by atomic mass is 9.48. The Balaban J connectivity index is 2.14. The third-order valence-corrected chi connectivity index (χ3v) is 7.08. The first-order chi connectivity index (χ1) is 12.9. The Morgan fingerprint density at radius 3 is 2.46 bits per heavy atom. The van der Waals surface area contributed by atoms with E-state index < -0.39 is 35.0 Å². The number of aliphatic hydroxyl groups excluding tert-OH is 2. The van der Waals surface area contributed by atoms with Crippen molar-refractivity contribution in [2.24, 2.45) is 22.7 Å². The first-order valence-corrected chi connectivity index (χ1v) is 10.0. The maximum atomic E-state index is 13.2. The van der Waals surface area contributed by atoms with Crippen molar-refractivity contribution >= 4 is 17.5 Å². The van der Waals surface area contributed by atoms with Crippen molar-refractivity contribution in [3.63, 3.8) is 0 Å². The van der Waals surface area contributed by atoms with Crippen LogP contribution in [0.15, 0.2) is 22.5 Å². The Hall–Kier alpha value is -1.95. The number of fused-ring (bicyclic) bond motifs is 2. The van der Waals surface area contributed by atoms with E-state index in [9.17, 15) is 24.6 Å². The number of allylic oxidation sites excluding steroid dienone is 1. The van der Waals surface area contributed by atoms with Gasteiger partial charge in [-0.3, -0.25) is 14.4 Å². The lowest BCUT2D eigenvalue weighted by Crippen LogP contribution is -2.52. The van der Waals surface area contributed by atoms with Crippen LogP contribution in [-0.4, -0.2) is 40.5 Å². The highest BCUT2D eigenvalue weighted by atomic mass is 16.5. The monoisotopic (exact) mass is 390 g/mol. The fourth-order valence-corrected chi connectivity index (χ4v) is 5.75. The Labute approximate surface area is 165 Å². The van der Waals surface area contributed by atoms with Gasteiger partial charge in [0.05, 0.1) is 18.3 Å². The molecule has 0 saturated heterocycles. The number of carbonyl (C=O) groups is 3. The minimum atomic E-state index is -1.00. The molecule has 3 aliphatic rings. The predicted octanol–water partition coefficient (Wildman–Crippen LogP) is 3.04. The molecule has 154 valence electrons. The molecule has 0 aromatic carbocycles. The van der Waals surface area contributed by atoms with Crippen molar-refractivity contribution in [2.75, 3.05) is 6.61 Å². The molecule has 1 fully saturated rings. The van der Waals surface area contributed by atoms with Crippen LogP contribution in [0.2, 0.25) is 0 Å². The van der Waals surface area contributed by atoms with E-state index in [4.69, 9.17) is 4.74 Å². The SMILES string of the molecule is CC(=O)OC[C@H](C)C1=C(O)C2=C(C(=O)C1=O)[C@@]1(C)CCCC(C)(C)[C@H]1C[C@H]2O. The van der Waals surface area contributed by atoms with E-state index in [-0.39, 0.29) is 40.4 Å². The highest BCUT2D eigenvalue weighted by Gasteiger charge is 2.57. The fraction of sp³-hybridized carbons (Fsp3) is 0.682. The molecule has 0 heterocycles. The van der Waals surface area contributed by atoms with Gasteiger partial charge in [-0.25, -0.2) is 0 Å². The van der Waals surface area contributed by atoms with Gasteiger partial charge in [0.15, 0.2) is 0 Å². The average molecular weight is 390 g/mol. The molecule has 0 aromatic heterocycles. The van der Waals surface area contributed by atoms with E-state index in [0.29, 0.717) is 6.42 Å². The van der Waals surface area contributed by atoms with Gasteiger partial charge in [0.2, 0.25) is 11.6 Å². The van der Waals surface area contributed by atoms with Gasteiger partial charge in [-0.15, -0.1) is 0 Å². The molecule has 1 saturated carbocycles. The van der Waals surface area contributed by atoms with Crippen LogP contribution in [0.25, 0.3) is 0 Å². The van der Waals surface area contributed by atoms with Gasteiger partial charge in [0.1, 0.15) is 5.76 Å². The molecule has 0 aromatic rings. The van der Waals surface area contributed by atoms with Gasteiger partial charge < -0.3 is 14.9 Å². The first-order valence-electron chi connectivity index (χ1n) is 10.0. The maximum Gasteiger partial charge on any atom is 0.302 e. The maximum absolute atomic E-state index is 13.2. The third-order valence-electron chi connectivity index (χ3n) is 7.08. The van der Waals surface area contributed by atoms with Gasteiger partial charge in [0, 0.05) is 29.4 Å². The predicted molar refractivity (Wildman–Crippen MR) is 102 cm³/mol. The quantitative estimate of drug-likeness (QED) is 0.436. The molecule has 6 heteroatoms. The molecule has 6 nitrogen and oxygen atoms in total. The molecule has 0 amide bonds. The van der Waals surface area contributed by atoms with Crippen molar-refractivity contribution in [1.82, 2.24) is 0 Å². The molecule has 0 aliphatic heterocycles. The number of hydrogen-bond acceptors (Lipinski definition) is 6. The second kappa shape index (κ2) is 6.83. The minimum absolute atomic E-state index is 0.0482. The number of hydrogen-bond donors (Lipinski definition) is 2. The van der Waals surface area contributed by atoms with Crippen molar-refractivity contribution in [1.29, 1.82) is 0 Å². The number of rotatable bonds is 3. The molecule has 3 rings (SSSR count). The molecule has 0 bridgehead atoms. The van der Waals surface area contributed by atoms with Gasteiger partial charge >= 0.3 is 5.97 Å². The zero-order valence-corrected chi connectivity index (χ0v) is 17.3. The molecule has 4 atom stereocenters. The Bertz CT molecular complexity index is 802. The topological polar surface area (TPSA) is 101 Å². The van der Waals surface area contributed by atoms with Crippen LogP contribution in [0, 0.1) is 22.7 Å². The molecule has 0 unspecified atom stereocenters. The van der Waals surface area contributed by atoms with Crippen LogP contribution in [0.1, 0.15) is 60.3 Å². The Morgan fingerprint density at radius 2 is 1.86 bits per heavy atom. The lowest BCUT2D eigenvalue weighted by Gasteiger charge is -2.56. The summed E-state index contributed by atoms with van der Waals surface area (Å²) in [4.78, 5) is 37.2. The largest absolute Gasteiger partial charge is 0.507 e. The van der Waals surface area contributed by atoms with E-state index >= 15 is 0 Å².